The van der Waals surface area contributed by atoms with Crippen molar-refractivity contribution in [3.05, 3.63) is 50.6 Å². The first kappa shape index (κ1) is 15.7. The highest BCUT2D eigenvalue weighted by molar-refractivity contribution is 9.11. The number of aryl methyl sites for hydroxylation is 1. The first-order chi connectivity index (χ1) is 10.6. The number of tetrazole rings is 1. The van der Waals surface area contributed by atoms with Crippen LogP contribution in [-0.2, 0) is 0 Å². The van der Waals surface area contributed by atoms with E-state index >= 15 is 0 Å². The molecule has 0 aliphatic carbocycles. The summed E-state index contributed by atoms with van der Waals surface area (Å²) in [6.45, 7) is 2.02. The van der Waals surface area contributed by atoms with Crippen LogP contribution in [0.3, 0.4) is 0 Å². The van der Waals surface area contributed by atoms with Gasteiger partial charge in [-0.2, -0.15) is 4.68 Å². The largest absolute Gasteiger partial charge is 0.387 e. The first-order valence-corrected chi connectivity index (χ1v) is 9.15. The molecule has 1 N–H and O–H groups in total. The molecule has 0 spiro atoms. The van der Waals surface area contributed by atoms with Crippen LogP contribution in [0.1, 0.15) is 16.5 Å². The highest BCUT2D eigenvalue weighted by Crippen LogP contribution is 2.31. The maximum absolute atomic E-state index is 10.2. The van der Waals surface area contributed by atoms with E-state index in [1.54, 1.807) is 4.68 Å². The number of thiophene rings is 1. The number of hydrogen-bond acceptors (Lipinski definition) is 6. The quantitative estimate of drug-likeness (QED) is 0.667. The van der Waals surface area contributed by atoms with Gasteiger partial charge in [-0.15, -0.1) is 16.4 Å². The summed E-state index contributed by atoms with van der Waals surface area (Å²) in [5.74, 6) is 0.499. The standard InChI is InChI=1S/C14H13BrN4OS2/c1-9-4-2-3-5-10(9)19-14(16-17-18-19)21-8-11(20)12-6-7-13(15)22-12/h2-7,11,20H,8H2,1H3. The highest BCUT2D eigenvalue weighted by Gasteiger charge is 2.15. The van der Waals surface area contributed by atoms with Gasteiger partial charge in [0.2, 0.25) is 5.16 Å². The van der Waals surface area contributed by atoms with Crippen LogP contribution in [0, 0.1) is 6.92 Å². The number of hydrogen-bond donors (Lipinski definition) is 1. The summed E-state index contributed by atoms with van der Waals surface area (Å²) in [4.78, 5) is 0.925. The van der Waals surface area contributed by atoms with Crippen molar-refractivity contribution in [1.82, 2.24) is 20.2 Å². The van der Waals surface area contributed by atoms with Gasteiger partial charge < -0.3 is 5.11 Å². The summed E-state index contributed by atoms with van der Waals surface area (Å²) < 4.78 is 2.72. The molecule has 1 aromatic carbocycles. The average molecular weight is 397 g/mol. The second-order valence-electron chi connectivity index (χ2n) is 4.63. The summed E-state index contributed by atoms with van der Waals surface area (Å²) in [6.07, 6.45) is -0.539. The smallest absolute Gasteiger partial charge is 0.214 e. The van der Waals surface area contributed by atoms with Gasteiger partial charge in [-0.3, -0.25) is 0 Å². The monoisotopic (exact) mass is 396 g/mol. The average Bonchev–Trinajstić information content (AvgIpc) is 3.14. The number of nitrogens with zero attached hydrogens (tertiary/aromatic N) is 4. The van der Waals surface area contributed by atoms with Crippen LogP contribution < -0.4 is 0 Å². The lowest BCUT2D eigenvalue weighted by Crippen LogP contribution is -2.03. The predicted octanol–water partition coefficient (Wildman–Crippen LogP) is 3.62. The molecule has 0 amide bonds. The van der Waals surface area contributed by atoms with E-state index in [0.29, 0.717) is 10.9 Å². The molecule has 0 bridgehead atoms. The second-order valence-corrected chi connectivity index (χ2v) is 8.11. The molecule has 2 aromatic heterocycles. The maximum Gasteiger partial charge on any atom is 0.214 e. The molecule has 0 fully saturated rings. The molecule has 0 saturated carbocycles. The van der Waals surface area contributed by atoms with E-state index in [2.05, 4.69) is 31.5 Å². The summed E-state index contributed by atoms with van der Waals surface area (Å²) in [7, 11) is 0. The highest BCUT2D eigenvalue weighted by atomic mass is 79.9. The normalized spacial score (nSPS) is 12.5. The van der Waals surface area contributed by atoms with E-state index in [1.165, 1.54) is 23.1 Å². The minimum absolute atomic E-state index is 0.499. The Labute approximate surface area is 144 Å². The number of benzene rings is 1. The number of thioether (sulfide) groups is 1. The Kier molecular flexibility index (Phi) is 4.92. The third kappa shape index (κ3) is 3.40. The van der Waals surface area contributed by atoms with Crippen LogP contribution in [0.2, 0.25) is 0 Å². The molecule has 3 aromatic rings. The molecular formula is C14H13BrN4OS2. The fourth-order valence-corrected chi connectivity index (χ4v) is 4.32. The first-order valence-electron chi connectivity index (χ1n) is 6.55. The van der Waals surface area contributed by atoms with Gasteiger partial charge >= 0.3 is 0 Å². The Bertz CT molecular complexity index is 774. The molecule has 114 valence electrons. The van der Waals surface area contributed by atoms with Gasteiger partial charge in [-0.25, -0.2) is 0 Å². The molecule has 1 unspecified atom stereocenters. The van der Waals surface area contributed by atoms with Crippen molar-refractivity contribution in [2.24, 2.45) is 0 Å². The lowest BCUT2D eigenvalue weighted by atomic mass is 10.2. The second kappa shape index (κ2) is 6.91. The summed E-state index contributed by atoms with van der Waals surface area (Å²) in [6, 6.07) is 11.8. The van der Waals surface area contributed by atoms with Crippen molar-refractivity contribution >= 4 is 39.0 Å². The van der Waals surface area contributed by atoms with E-state index in [-0.39, 0.29) is 0 Å². The Morgan fingerprint density at radius 2 is 2.14 bits per heavy atom. The molecular weight excluding hydrogens is 384 g/mol. The lowest BCUT2D eigenvalue weighted by molar-refractivity contribution is 0.208. The van der Waals surface area contributed by atoms with Crippen LogP contribution in [-0.4, -0.2) is 31.1 Å². The zero-order valence-electron chi connectivity index (χ0n) is 11.7. The number of aromatic nitrogens is 4. The van der Waals surface area contributed by atoms with Gasteiger partial charge in [0.25, 0.3) is 0 Å². The van der Waals surface area contributed by atoms with E-state index in [1.807, 2.05) is 43.3 Å². The van der Waals surface area contributed by atoms with Gasteiger partial charge in [0, 0.05) is 10.6 Å². The van der Waals surface area contributed by atoms with Gasteiger partial charge in [0.15, 0.2) is 0 Å². The van der Waals surface area contributed by atoms with Crippen molar-refractivity contribution in [3.8, 4) is 5.69 Å². The van der Waals surface area contributed by atoms with Gasteiger partial charge in [-0.05, 0) is 57.0 Å². The van der Waals surface area contributed by atoms with Crippen LogP contribution in [0.15, 0.2) is 45.3 Å². The van der Waals surface area contributed by atoms with E-state index in [4.69, 9.17) is 0 Å². The van der Waals surface area contributed by atoms with Crippen LogP contribution >= 0.6 is 39.0 Å². The lowest BCUT2D eigenvalue weighted by Gasteiger charge is -2.09. The van der Waals surface area contributed by atoms with Crippen molar-refractivity contribution in [1.29, 1.82) is 0 Å². The van der Waals surface area contributed by atoms with E-state index < -0.39 is 6.10 Å². The van der Waals surface area contributed by atoms with Crippen LogP contribution in [0.25, 0.3) is 5.69 Å². The molecule has 0 aliphatic rings. The molecule has 22 heavy (non-hydrogen) atoms. The minimum atomic E-state index is -0.539. The molecule has 3 rings (SSSR count). The number of para-hydroxylation sites is 1. The molecule has 0 radical (unpaired) electrons. The summed E-state index contributed by atoms with van der Waals surface area (Å²) >= 11 is 6.37. The number of aliphatic hydroxyl groups is 1. The van der Waals surface area contributed by atoms with Crippen LogP contribution in [0.4, 0.5) is 0 Å². The zero-order valence-corrected chi connectivity index (χ0v) is 14.9. The molecule has 0 saturated heterocycles. The molecule has 1 atom stereocenters. The Morgan fingerprint density at radius 1 is 1.32 bits per heavy atom. The Morgan fingerprint density at radius 3 is 2.86 bits per heavy atom. The van der Waals surface area contributed by atoms with Crippen molar-refractivity contribution in [2.45, 2.75) is 18.2 Å². The number of halogens is 1. The fraction of sp³-hybridized carbons (Fsp3) is 0.214. The topological polar surface area (TPSA) is 63.8 Å². The van der Waals surface area contributed by atoms with Gasteiger partial charge in [0.05, 0.1) is 15.6 Å². The number of rotatable bonds is 5. The summed E-state index contributed by atoms with van der Waals surface area (Å²) in [5.41, 5.74) is 2.04. The SMILES string of the molecule is Cc1ccccc1-n1nnnc1SCC(O)c1ccc(Br)s1. The van der Waals surface area contributed by atoms with E-state index in [0.717, 1.165) is 19.9 Å². The van der Waals surface area contributed by atoms with Crippen molar-refractivity contribution < 1.29 is 5.11 Å². The third-order valence-electron chi connectivity index (χ3n) is 3.08. The van der Waals surface area contributed by atoms with Gasteiger partial charge in [0.1, 0.15) is 0 Å². The van der Waals surface area contributed by atoms with Crippen LogP contribution in [0.5, 0.6) is 0 Å². The predicted molar refractivity (Wildman–Crippen MR) is 91.6 cm³/mol. The third-order valence-corrected chi connectivity index (χ3v) is 5.80. The zero-order chi connectivity index (χ0) is 15.5. The fourth-order valence-electron chi connectivity index (χ4n) is 1.96. The molecule has 5 nitrogen and oxygen atoms in total. The Hall–Kier alpha value is -1.22. The van der Waals surface area contributed by atoms with Gasteiger partial charge in [-0.1, -0.05) is 30.0 Å². The number of aliphatic hydroxyl groups excluding tert-OH is 1. The summed E-state index contributed by atoms with van der Waals surface area (Å²) in [5, 5.41) is 22.8. The molecule has 0 aliphatic heterocycles. The minimum Gasteiger partial charge on any atom is -0.387 e. The maximum atomic E-state index is 10.2. The van der Waals surface area contributed by atoms with Crippen molar-refractivity contribution in [2.75, 3.05) is 5.75 Å². The molecule has 2 heterocycles. The molecule has 8 heteroatoms. The van der Waals surface area contributed by atoms with Crippen molar-refractivity contribution in [3.63, 3.8) is 0 Å². The van der Waals surface area contributed by atoms with E-state index in [9.17, 15) is 5.11 Å². The Balaban J connectivity index is 1.75.